The second kappa shape index (κ2) is 16.0. The summed E-state index contributed by atoms with van der Waals surface area (Å²) in [5.74, 6) is 0.907. The number of aromatic nitrogens is 2. The summed E-state index contributed by atoms with van der Waals surface area (Å²) in [7, 11) is 0. The smallest absolute Gasteiger partial charge is 0.200 e. The summed E-state index contributed by atoms with van der Waals surface area (Å²) < 4.78 is 14.9. The molecule has 0 saturated heterocycles. The molecule has 0 radical (unpaired) electrons. The van der Waals surface area contributed by atoms with Gasteiger partial charge in [-0.25, -0.2) is 0 Å². The summed E-state index contributed by atoms with van der Waals surface area (Å²) in [6.45, 7) is 4.29. The second-order valence-corrected chi connectivity index (χ2v) is 12.7. The number of carbonyl (C=O) groups is 1. The predicted molar refractivity (Wildman–Crippen MR) is 201 cm³/mol. The molecule has 0 fully saturated rings. The van der Waals surface area contributed by atoms with Crippen LogP contribution in [0.15, 0.2) is 115 Å². The molecule has 0 saturated carbocycles. The maximum atomic E-state index is 14.9. The first-order chi connectivity index (χ1) is 25.1. The van der Waals surface area contributed by atoms with E-state index in [9.17, 15) is 9.90 Å². The van der Waals surface area contributed by atoms with Crippen molar-refractivity contribution >= 4 is 22.4 Å². The van der Waals surface area contributed by atoms with Gasteiger partial charge >= 0.3 is 0 Å². The number of nitrogens with two attached hydrogens (primary N) is 1. The van der Waals surface area contributed by atoms with Crippen LogP contribution in [0.1, 0.15) is 39.0 Å². The Hall–Kier alpha value is -5.48. The van der Waals surface area contributed by atoms with Crippen LogP contribution in [-0.4, -0.2) is 58.4 Å². The summed E-state index contributed by atoms with van der Waals surface area (Å²) in [4.78, 5) is 17.1. The van der Waals surface area contributed by atoms with E-state index in [2.05, 4.69) is 22.3 Å². The Bertz CT molecular complexity index is 2080. The van der Waals surface area contributed by atoms with Gasteiger partial charge in [-0.15, -0.1) is 0 Å². The van der Waals surface area contributed by atoms with Gasteiger partial charge in [0.1, 0.15) is 30.4 Å². The van der Waals surface area contributed by atoms with Crippen LogP contribution >= 0.6 is 0 Å². The van der Waals surface area contributed by atoms with Crippen LogP contribution in [0, 0.1) is 0 Å². The first-order valence-corrected chi connectivity index (χ1v) is 17.5. The summed E-state index contributed by atoms with van der Waals surface area (Å²) in [6.07, 6.45) is 0.763. The van der Waals surface area contributed by atoms with Crippen molar-refractivity contribution < 1.29 is 19.4 Å². The molecule has 0 amide bonds. The minimum Gasteiger partial charge on any atom is -0.488 e. The number of fused-ring (bicyclic) bond motifs is 2. The number of carbonyl (C=O) groups excluding carboxylic acids is 1. The van der Waals surface area contributed by atoms with Crippen molar-refractivity contribution in [3.05, 3.63) is 143 Å². The van der Waals surface area contributed by atoms with Crippen molar-refractivity contribution in [2.75, 3.05) is 38.1 Å². The molecular weight excluding hydrogens is 638 g/mol. The normalized spacial score (nSPS) is 11.9. The first kappa shape index (κ1) is 34.0. The molecule has 1 heterocycles. The van der Waals surface area contributed by atoms with Gasteiger partial charge in [-0.05, 0) is 53.9 Å². The third kappa shape index (κ3) is 7.51. The van der Waals surface area contributed by atoms with Gasteiger partial charge in [0.15, 0.2) is 5.78 Å². The molecule has 51 heavy (non-hydrogen) atoms. The number of nitrogens with zero attached hydrogens (tertiary/aromatic N) is 3. The highest BCUT2D eigenvalue weighted by molar-refractivity contribution is 6.29. The minimum atomic E-state index is -0.142. The van der Waals surface area contributed by atoms with E-state index in [1.165, 1.54) is 5.56 Å². The highest BCUT2D eigenvalue weighted by Gasteiger charge is 2.36. The van der Waals surface area contributed by atoms with E-state index in [-0.39, 0.29) is 12.4 Å². The van der Waals surface area contributed by atoms with Crippen molar-refractivity contribution in [1.82, 2.24) is 14.7 Å². The van der Waals surface area contributed by atoms with Gasteiger partial charge in [0.05, 0.1) is 35.4 Å². The zero-order chi connectivity index (χ0) is 35.0. The number of benzene rings is 5. The summed E-state index contributed by atoms with van der Waals surface area (Å²) in [5, 5.41) is 19.4. The lowest BCUT2D eigenvalue weighted by molar-refractivity contribution is 0.103. The Labute approximate surface area is 298 Å². The molecule has 1 aliphatic rings. The van der Waals surface area contributed by atoms with Gasteiger partial charge in [0.2, 0.25) is 0 Å². The molecule has 0 aliphatic heterocycles. The number of ether oxygens (including phenoxy) is 2. The number of rotatable bonds is 17. The first-order valence-electron chi connectivity index (χ1n) is 17.5. The van der Waals surface area contributed by atoms with E-state index < -0.39 is 0 Å². The van der Waals surface area contributed by atoms with Crippen LogP contribution in [0.3, 0.4) is 0 Å². The second-order valence-electron chi connectivity index (χ2n) is 12.7. The van der Waals surface area contributed by atoms with Gasteiger partial charge < -0.3 is 25.6 Å². The molecule has 0 unspecified atom stereocenters. The molecule has 1 aliphatic carbocycles. The molecule has 4 N–H and O–H groups in total. The van der Waals surface area contributed by atoms with E-state index in [0.717, 1.165) is 34.1 Å². The molecule has 6 aromatic rings. The highest BCUT2D eigenvalue weighted by Crippen LogP contribution is 2.49. The lowest BCUT2D eigenvalue weighted by Crippen LogP contribution is -2.30. The molecular formula is C42H43N5O4. The van der Waals surface area contributed by atoms with Crippen LogP contribution in [0.4, 0.5) is 5.69 Å². The molecule has 1 aromatic heterocycles. The summed E-state index contributed by atoms with van der Waals surface area (Å²) in [5.41, 5.74) is 12.9. The largest absolute Gasteiger partial charge is 0.488 e. The number of hydrogen-bond donors (Lipinski definition) is 3. The monoisotopic (exact) mass is 681 g/mol. The number of ketones is 1. The topological polar surface area (TPSA) is 115 Å². The lowest BCUT2D eigenvalue weighted by Gasteiger charge is -2.23. The number of hydrogen-bond acceptors (Lipinski definition) is 8. The van der Waals surface area contributed by atoms with E-state index in [4.69, 9.17) is 20.3 Å². The standard InChI is InChI=1S/C42H43N5O4/c43-21-10-22-44-33-17-18-34-38-37(33)42(49)40-36(51-29-32-15-8-3-9-16-32)20-19-35(50-28-31-13-6-2-7-14-31)39(40)41(38)45-47(34)24-23-46(25-26-48)27-30-11-4-1-5-12-30/h1-9,11-20,44,48H,10,21-29,43H2. The lowest BCUT2D eigenvalue weighted by atomic mass is 9.85. The summed E-state index contributed by atoms with van der Waals surface area (Å²) in [6, 6.07) is 37.9. The molecule has 9 heteroatoms. The molecule has 0 spiro atoms. The zero-order valence-corrected chi connectivity index (χ0v) is 28.6. The fourth-order valence-electron chi connectivity index (χ4n) is 6.68. The summed E-state index contributed by atoms with van der Waals surface area (Å²) >= 11 is 0. The quantitative estimate of drug-likeness (QED) is 0.0915. The maximum Gasteiger partial charge on any atom is 0.200 e. The van der Waals surface area contributed by atoms with Crippen molar-refractivity contribution in [2.24, 2.45) is 5.73 Å². The molecule has 9 nitrogen and oxygen atoms in total. The maximum absolute atomic E-state index is 14.9. The minimum absolute atomic E-state index is 0.0513. The molecule has 5 aromatic carbocycles. The van der Waals surface area contributed by atoms with Gasteiger partial charge in [-0.2, -0.15) is 5.10 Å². The van der Waals surface area contributed by atoms with Crippen molar-refractivity contribution in [3.63, 3.8) is 0 Å². The number of nitrogens with one attached hydrogen (secondary N) is 1. The molecule has 0 atom stereocenters. The number of aliphatic hydroxyl groups is 1. The average Bonchev–Trinajstić information content (AvgIpc) is 3.54. The SMILES string of the molecule is NCCCNc1ccc2c3c(nn2CCN(CCO)Cc2ccccc2)-c2c(OCc4ccccc4)ccc(OCc4ccccc4)c2C(=O)c13. The fourth-order valence-corrected chi connectivity index (χ4v) is 6.68. The number of aliphatic hydroxyl groups excluding tert-OH is 1. The molecule has 7 rings (SSSR count). The van der Waals surface area contributed by atoms with Gasteiger partial charge in [-0.1, -0.05) is 91.0 Å². The van der Waals surface area contributed by atoms with Gasteiger partial charge in [0.25, 0.3) is 0 Å². The van der Waals surface area contributed by atoms with Crippen molar-refractivity contribution in [3.8, 4) is 22.8 Å². The zero-order valence-electron chi connectivity index (χ0n) is 28.6. The van der Waals surface area contributed by atoms with Crippen molar-refractivity contribution in [1.29, 1.82) is 0 Å². The Morgan fingerprint density at radius 1 is 0.725 bits per heavy atom. The Morgan fingerprint density at radius 3 is 1.94 bits per heavy atom. The van der Waals surface area contributed by atoms with Crippen LogP contribution in [-0.2, 0) is 26.3 Å². The van der Waals surface area contributed by atoms with E-state index in [1.54, 1.807) is 0 Å². The Kier molecular flexibility index (Phi) is 10.7. The van der Waals surface area contributed by atoms with Crippen molar-refractivity contribution in [2.45, 2.75) is 32.7 Å². The van der Waals surface area contributed by atoms with Crippen LogP contribution in [0.2, 0.25) is 0 Å². The van der Waals surface area contributed by atoms with E-state index in [0.29, 0.717) is 86.4 Å². The number of anilines is 1. The van der Waals surface area contributed by atoms with Gasteiger partial charge in [0, 0.05) is 37.3 Å². The van der Waals surface area contributed by atoms with Crippen LogP contribution in [0.25, 0.3) is 22.2 Å². The molecule has 260 valence electrons. The highest BCUT2D eigenvalue weighted by atomic mass is 16.5. The predicted octanol–water partition coefficient (Wildman–Crippen LogP) is 6.66. The van der Waals surface area contributed by atoms with E-state index in [1.807, 2.05) is 108 Å². The van der Waals surface area contributed by atoms with Crippen LogP contribution < -0.4 is 20.5 Å². The third-order valence-corrected chi connectivity index (χ3v) is 9.20. The van der Waals surface area contributed by atoms with E-state index >= 15 is 0 Å². The Balaban J connectivity index is 1.32. The van der Waals surface area contributed by atoms with Gasteiger partial charge in [-0.3, -0.25) is 14.4 Å². The molecule has 0 bridgehead atoms. The average molecular weight is 682 g/mol. The Morgan fingerprint density at radius 2 is 1.33 bits per heavy atom. The third-order valence-electron chi connectivity index (χ3n) is 9.20. The fraction of sp³-hybridized carbons (Fsp3) is 0.238. The van der Waals surface area contributed by atoms with Crippen LogP contribution in [0.5, 0.6) is 11.5 Å².